The summed E-state index contributed by atoms with van der Waals surface area (Å²) in [7, 11) is -2.21. The molecule has 20 heavy (non-hydrogen) atoms. The first kappa shape index (κ1) is 18.1. The maximum atomic E-state index is 6.37. The first-order chi connectivity index (χ1) is 9.65. The molecule has 1 atom stereocenters. The van der Waals surface area contributed by atoms with Crippen molar-refractivity contribution in [1.29, 1.82) is 0 Å². The molecule has 0 aromatic rings. The van der Waals surface area contributed by atoms with Gasteiger partial charge in [-0.1, -0.05) is 53.4 Å². The van der Waals surface area contributed by atoms with Crippen molar-refractivity contribution in [2.45, 2.75) is 72.3 Å². The van der Waals surface area contributed by atoms with E-state index < -0.39 is 8.80 Å². The number of hydrogen-bond donors (Lipinski definition) is 3. The minimum atomic E-state index is -2.21. The van der Waals surface area contributed by atoms with Gasteiger partial charge in [0.1, 0.15) is 0 Å². The van der Waals surface area contributed by atoms with E-state index in [1.807, 2.05) is 0 Å². The van der Waals surface area contributed by atoms with Gasteiger partial charge in [-0.2, -0.15) is 0 Å². The van der Waals surface area contributed by atoms with Gasteiger partial charge in [0.05, 0.1) is 0 Å². The number of hydrogen-bond acceptors (Lipinski definition) is 4. The summed E-state index contributed by atoms with van der Waals surface area (Å²) in [6.45, 7) is 11.5. The highest BCUT2D eigenvalue weighted by Crippen LogP contribution is 2.18. The molecule has 1 rings (SSSR count). The Balaban J connectivity index is 2.63. The van der Waals surface area contributed by atoms with Crippen molar-refractivity contribution < 1.29 is 4.43 Å². The van der Waals surface area contributed by atoms with Gasteiger partial charge < -0.3 is 4.43 Å². The average Bonchev–Trinajstić information content (AvgIpc) is 2.46. The fraction of sp³-hybridized carbons (Fsp3) is 1.00. The fourth-order valence-corrected chi connectivity index (χ4v) is 5.74. The van der Waals surface area contributed by atoms with Crippen molar-refractivity contribution in [2.24, 2.45) is 5.92 Å². The molecule has 0 heterocycles. The average molecular weight is 302 g/mol. The second-order valence-corrected chi connectivity index (χ2v) is 8.69. The molecule has 1 fully saturated rings. The summed E-state index contributed by atoms with van der Waals surface area (Å²) >= 11 is 0. The van der Waals surface area contributed by atoms with Gasteiger partial charge in [-0.3, -0.25) is 14.9 Å². The molecule has 0 aromatic carbocycles. The van der Waals surface area contributed by atoms with E-state index in [9.17, 15) is 0 Å². The van der Waals surface area contributed by atoms with Gasteiger partial charge in [-0.25, -0.2) is 0 Å². The molecule has 0 saturated heterocycles. The Hall–Kier alpha value is 0.0569. The molecule has 1 unspecified atom stereocenters. The summed E-state index contributed by atoms with van der Waals surface area (Å²) < 4.78 is 6.37. The zero-order chi connectivity index (χ0) is 14.8. The van der Waals surface area contributed by atoms with Crippen molar-refractivity contribution in [1.82, 2.24) is 14.9 Å². The molecular weight excluding hydrogens is 266 g/mol. The number of rotatable bonds is 10. The minimum absolute atomic E-state index is 0.616. The predicted molar refractivity (Wildman–Crippen MR) is 88.5 cm³/mol. The summed E-state index contributed by atoms with van der Waals surface area (Å²) in [6.07, 6.45) is 7.85. The van der Waals surface area contributed by atoms with Crippen LogP contribution in [-0.2, 0) is 4.43 Å². The van der Waals surface area contributed by atoms with Crippen LogP contribution < -0.4 is 14.9 Å². The molecular formula is C15H35N3OSi. The zero-order valence-electron chi connectivity index (χ0n) is 13.9. The summed E-state index contributed by atoms with van der Waals surface area (Å²) in [5, 5.41) is 0. The molecule has 0 spiro atoms. The molecule has 1 saturated carbocycles. The highest BCUT2D eigenvalue weighted by Gasteiger charge is 2.38. The first-order valence-corrected chi connectivity index (χ1v) is 10.5. The van der Waals surface area contributed by atoms with E-state index in [2.05, 4.69) is 42.6 Å². The van der Waals surface area contributed by atoms with Gasteiger partial charge in [0.2, 0.25) is 0 Å². The van der Waals surface area contributed by atoms with E-state index in [0.29, 0.717) is 12.0 Å². The minimum Gasteiger partial charge on any atom is -0.380 e. The third-order valence-electron chi connectivity index (χ3n) is 4.15. The Morgan fingerprint density at radius 1 is 1.05 bits per heavy atom. The second kappa shape index (κ2) is 9.90. The van der Waals surface area contributed by atoms with Gasteiger partial charge in [-0.05, 0) is 31.8 Å². The largest absolute Gasteiger partial charge is 0.440 e. The summed E-state index contributed by atoms with van der Waals surface area (Å²) in [4.78, 5) is 11.1. The molecule has 4 nitrogen and oxygen atoms in total. The smallest absolute Gasteiger partial charge is 0.380 e. The van der Waals surface area contributed by atoms with E-state index in [1.54, 1.807) is 0 Å². The summed E-state index contributed by atoms with van der Waals surface area (Å²) in [5.41, 5.74) is 0. The van der Waals surface area contributed by atoms with Crippen LogP contribution in [-0.4, -0.2) is 34.5 Å². The normalized spacial score (nSPS) is 19.2. The Bertz CT molecular complexity index is 241. The molecule has 120 valence electrons. The SMILES string of the molecule is CCN[Si](NCC)(NC1CCCCC1)OCC(C)CC. The maximum absolute atomic E-state index is 6.37. The molecule has 0 radical (unpaired) electrons. The second-order valence-electron chi connectivity index (χ2n) is 6.05. The van der Waals surface area contributed by atoms with Crippen LogP contribution in [0, 0.1) is 5.92 Å². The Morgan fingerprint density at radius 3 is 2.15 bits per heavy atom. The lowest BCUT2D eigenvalue weighted by molar-refractivity contribution is 0.212. The Morgan fingerprint density at radius 2 is 1.65 bits per heavy atom. The van der Waals surface area contributed by atoms with E-state index in [-0.39, 0.29) is 0 Å². The van der Waals surface area contributed by atoms with Gasteiger partial charge >= 0.3 is 8.80 Å². The lowest BCUT2D eigenvalue weighted by atomic mass is 9.96. The van der Waals surface area contributed by atoms with Gasteiger partial charge in [0.25, 0.3) is 0 Å². The molecule has 5 heteroatoms. The summed E-state index contributed by atoms with van der Waals surface area (Å²) in [5.74, 6) is 0.618. The highest BCUT2D eigenvalue weighted by atomic mass is 28.4. The lowest BCUT2D eigenvalue weighted by Crippen LogP contribution is -2.76. The van der Waals surface area contributed by atoms with Crippen LogP contribution in [0.2, 0.25) is 0 Å². The number of nitrogens with one attached hydrogen (secondary N) is 3. The van der Waals surface area contributed by atoms with E-state index in [1.165, 1.54) is 38.5 Å². The van der Waals surface area contributed by atoms with Crippen LogP contribution in [0.15, 0.2) is 0 Å². The molecule has 3 N–H and O–H groups in total. The lowest BCUT2D eigenvalue weighted by Gasteiger charge is -2.37. The predicted octanol–water partition coefficient (Wildman–Crippen LogP) is 2.63. The molecule has 0 amide bonds. The topological polar surface area (TPSA) is 45.3 Å². The standard InChI is InChI=1S/C15H35N3OSi/c1-5-14(4)13-19-20(16-6-2,17-7-3)18-15-11-9-8-10-12-15/h14-18H,5-13H2,1-4H3. The monoisotopic (exact) mass is 301 g/mol. The van der Waals surface area contributed by atoms with E-state index in [4.69, 9.17) is 4.43 Å². The highest BCUT2D eigenvalue weighted by molar-refractivity contribution is 6.66. The van der Waals surface area contributed by atoms with Crippen molar-refractivity contribution in [3.05, 3.63) is 0 Å². The van der Waals surface area contributed by atoms with Crippen LogP contribution in [0.4, 0.5) is 0 Å². The Kier molecular flexibility index (Phi) is 8.96. The molecule has 0 aromatic heterocycles. The van der Waals surface area contributed by atoms with Crippen molar-refractivity contribution in [3.63, 3.8) is 0 Å². The van der Waals surface area contributed by atoms with Crippen LogP contribution in [0.25, 0.3) is 0 Å². The third-order valence-corrected chi connectivity index (χ3v) is 7.26. The maximum Gasteiger partial charge on any atom is 0.440 e. The van der Waals surface area contributed by atoms with Crippen molar-refractivity contribution in [2.75, 3.05) is 19.7 Å². The van der Waals surface area contributed by atoms with Gasteiger partial charge in [-0.15, -0.1) is 0 Å². The molecule has 1 aliphatic rings. The summed E-state index contributed by atoms with van der Waals surface area (Å²) in [6, 6.07) is 0.616. The van der Waals surface area contributed by atoms with Crippen LogP contribution in [0.5, 0.6) is 0 Å². The van der Waals surface area contributed by atoms with Crippen LogP contribution in [0.3, 0.4) is 0 Å². The van der Waals surface area contributed by atoms with Crippen molar-refractivity contribution in [3.8, 4) is 0 Å². The molecule has 0 bridgehead atoms. The quantitative estimate of drug-likeness (QED) is 0.543. The fourth-order valence-electron chi connectivity index (χ4n) is 2.73. The molecule has 1 aliphatic carbocycles. The Labute approximate surface area is 126 Å². The first-order valence-electron chi connectivity index (χ1n) is 8.57. The van der Waals surface area contributed by atoms with E-state index >= 15 is 0 Å². The van der Waals surface area contributed by atoms with Gasteiger partial charge in [0.15, 0.2) is 0 Å². The molecule has 0 aliphatic heterocycles. The third kappa shape index (κ3) is 6.22. The van der Waals surface area contributed by atoms with Crippen LogP contribution in [0.1, 0.15) is 66.2 Å². The van der Waals surface area contributed by atoms with Gasteiger partial charge in [0, 0.05) is 12.6 Å². The van der Waals surface area contributed by atoms with Crippen LogP contribution >= 0.6 is 0 Å². The zero-order valence-corrected chi connectivity index (χ0v) is 14.9. The van der Waals surface area contributed by atoms with Crippen molar-refractivity contribution >= 4 is 8.80 Å². The van der Waals surface area contributed by atoms with E-state index in [0.717, 1.165) is 19.7 Å².